The number of ether oxygens (including phenoxy) is 4. The lowest BCUT2D eigenvalue weighted by atomic mass is 10.2. The minimum Gasteiger partial charge on any atom is -0.490 e. The van der Waals surface area contributed by atoms with Crippen LogP contribution in [-0.4, -0.2) is 25.3 Å². The van der Waals surface area contributed by atoms with E-state index in [2.05, 4.69) is 0 Å². The predicted octanol–water partition coefficient (Wildman–Crippen LogP) is 4.62. The van der Waals surface area contributed by atoms with Gasteiger partial charge in [-0.2, -0.15) is 0 Å². The number of benzene rings is 2. The largest absolute Gasteiger partial charge is 0.490 e. The molecule has 0 unspecified atom stereocenters. The summed E-state index contributed by atoms with van der Waals surface area (Å²) in [6.45, 7) is 7.58. The first-order valence-corrected chi connectivity index (χ1v) is 9.75. The summed E-state index contributed by atoms with van der Waals surface area (Å²) in [5.74, 6) is 1.29. The number of hydrogen-bond donors (Lipinski definition) is 0. The maximum atomic E-state index is 13.0. The van der Waals surface area contributed by atoms with Crippen LogP contribution in [0.5, 0.6) is 23.0 Å². The SMILES string of the molecule is CCOC(=O)[C@H](C)Oc1ccc2c(=O)c(Oc3ccccc3OCC)c(C)oc2c1. The van der Waals surface area contributed by atoms with Crippen LogP contribution in [0.15, 0.2) is 51.7 Å². The third-order valence-electron chi connectivity index (χ3n) is 4.28. The molecule has 3 rings (SSSR count). The lowest BCUT2D eigenvalue weighted by molar-refractivity contribution is -0.150. The van der Waals surface area contributed by atoms with Crippen LogP contribution in [0.25, 0.3) is 11.0 Å². The Kier molecular flexibility index (Phi) is 6.61. The van der Waals surface area contributed by atoms with Crippen LogP contribution >= 0.6 is 0 Å². The smallest absolute Gasteiger partial charge is 0.347 e. The summed E-state index contributed by atoms with van der Waals surface area (Å²) in [5.41, 5.74) is 0.0153. The Morgan fingerprint density at radius 1 is 1.07 bits per heavy atom. The summed E-state index contributed by atoms with van der Waals surface area (Å²) < 4.78 is 27.8. The molecule has 0 spiro atoms. The van der Waals surface area contributed by atoms with Gasteiger partial charge in [-0.1, -0.05) is 12.1 Å². The number of rotatable bonds is 8. The molecule has 0 aliphatic carbocycles. The van der Waals surface area contributed by atoms with Crippen LogP contribution < -0.4 is 19.6 Å². The average molecular weight is 412 g/mol. The highest BCUT2D eigenvalue weighted by molar-refractivity contribution is 5.80. The van der Waals surface area contributed by atoms with Gasteiger partial charge in [-0.25, -0.2) is 4.79 Å². The Balaban J connectivity index is 1.93. The predicted molar refractivity (Wildman–Crippen MR) is 112 cm³/mol. The first-order chi connectivity index (χ1) is 14.4. The van der Waals surface area contributed by atoms with Gasteiger partial charge in [0.1, 0.15) is 17.1 Å². The highest BCUT2D eigenvalue weighted by atomic mass is 16.6. The molecule has 0 bridgehead atoms. The van der Waals surface area contributed by atoms with Gasteiger partial charge >= 0.3 is 5.97 Å². The van der Waals surface area contributed by atoms with Gasteiger partial charge in [-0.3, -0.25) is 4.79 Å². The van der Waals surface area contributed by atoms with Crippen LogP contribution in [0.2, 0.25) is 0 Å². The molecule has 2 aromatic carbocycles. The summed E-state index contributed by atoms with van der Waals surface area (Å²) in [4.78, 5) is 24.8. The molecule has 7 heteroatoms. The Hall–Kier alpha value is -3.48. The van der Waals surface area contributed by atoms with E-state index in [1.54, 1.807) is 57.2 Å². The number of carbonyl (C=O) groups is 1. The minimum atomic E-state index is -0.784. The molecule has 0 radical (unpaired) electrons. The monoisotopic (exact) mass is 412 g/mol. The van der Waals surface area contributed by atoms with Gasteiger partial charge in [-0.05, 0) is 52.0 Å². The lowest BCUT2D eigenvalue weighted by Gasteiger charge is -2.14. The molecule has 0 saturated carbocycles. The standard InChI is InChI=1S/C23H24O7/c1-5-26-18-9-7-8-10-19(18)30-22-14(3)29-20-13-16(11-12-17(20)21(22)24)28-15(4)23(25)27-6-2/h7-13,15H,5-6H2,1-4H3/t15-/m0/s1. The fourth-order valence-corrected chi connectivity index (χ4v) is 2.89. The van der Waals surface area contributed by atoms with Crippen molar-refractivity contribution in [3.63, 3.8) is 0 Å². The summed E-state index contributed by atoms with van der Waals surface area (Å²) in [5, 5.41) is 0.334. The van der Waals surface area contributed by atoms with Gasteiger partial charge in [0.25, 0.3) is 0 Å². The van der Waals surface area contributed by atoms with E-state index >= 15 is 0 Å². The molecule has 30 heavy (non-hydrogen) atoms. The fraction of sp³-hybridized carbons (Fsp3) is 0.304. The van der Waals surface area contributed by atoms with Crippen molar-refractivity contribution in [3.8, 4) is 23.0 Å². The number of fused-ring (bicyclic) bond motifs is 1. The van der Waals surface area contributed by atoms with E-state index in [9.17, 15) is 9.59 Å². The molecule has 1 heterocycles. The number of aryl methyl sites for hydroxylation is 1. The first kappa shape index (κ1) is 21.2. The van der Waals surface area contributed by atoms with Crippen molar-refractivity contribution in [1.82, 2.24) is 0 Å². The third kappa shape index (κ3) is 4.56. The van der Waals surface area contributed by atoms with E-state index in [1.165, 1.54) is 0 Å². The normalized spacial score (nSPS) is 11.7. The number of para-hydroxylation sites is 2. The molecule has 1 aromatic heterocycles. The zero-order valence-electron chi connectivity index (χ0n) is 17.4. The van der Waals surface area contributed by atoms with E-state index in [-0.39, 0.29) is 17.8 Å². The molecule has 0 saturated heterocycles. The van der Waals surface area contributed by atoms with Crippen LogP contribution in [0.3, 0.4) is 0 Å². The highest BCUT2D eigenvalue weighted by Crippen LogP contribution is 2.33. The molecule has 1 atom stereocenters. The number of carbonyl (C=O) groups excluding carboxylic acids is 1. The quantitative estimate of drug-likeness (QED) is 0.499. The Labute approximate surface area is 174 Å². The Morgan fingerprint density at radius 3 is 2.50 bits per heavy atom. The van der Waals surface area contributed by atoms with Crippen LogP contribution in [0.1, 0.15) is 26.5 Å². The van der Waals surface area contributed by atoms with E-state index in [0.717, 1.165) is 0 Å². The second kappa shape index (κ2) is 9.35. The van der Waals surface area contributed by atoms with Gasteiger partial charge in [0, 0.05) is 6.07 Å². The van der Waals surface area contributed by atoms with Gasteiger partial charge in [0.2, 0.25) is 11.2 Å². The van der Waals surface area contributed by atoms with Crippen molar-refractivity contribution < 1.29 is 28.2 Å². The highest BCUT2D eigenvalue weighted by Gasteiger charge is 2.19. The zero-order valence-corrected chi connectivity index (χ0v) is 17.4. The van der Waals surface area contributed by atoms with Crippen molar-refractivity contribution in [2.75, 3.05) is 13.2 Å². The van der Waals surface area contributed by atoms with Crippen molar-refractivity contribution in [1.29, 1.82) is 0 Å². The molecule has 0 aliphatic heterocycles. The number of esters is 1. The van der Waals surface area contributed by atoms with Crippen molar-refractivity contribution in [2.24, 2.45) is 0 Å². The molecule has 0 amide bonds. The van der Waals surface area contributed by atoms with E-state index in [4.69, 9.17) is 23.4 Å². The van der Waals surface area contributed by atoms with Crippen LogP contribution in [0.4, 0.5) is 0 Å². The lowest BCUT2D eigenvalue weighted by Crippen LogP contribution is -2.26. The summed E-state index contributed by atoms with van der Waals surface area (Å²) in [6.07, 6.45) is -0.784. The maximum Gasteiger partial charge on any atom is 0.347 e. The van der Waals surface area contributed by atoms with Crippen molar-refractivity contribution >= 4 is 16.9 Å². The molecule has 0 aliphatic rings. The van der Waals surface area contributed by atoms with Gasteiger partial charge < -0.3 is 23.4 Å². The molecule has 3 aromatic rings. The second-order valence-corrected chi connectivity index (χ2v) is 6.47. The maximum absolute atomic E-state index is 13.0. The average Bonchev–Trinajstić information content (AvgIpc) is 2.72. The molecule has 7 nitrogen and oxygen atoms in total. The molecule has 0 fully saturated rings. The summed E-state index contributed by atoms with van der Waals surface area (Å²) in [7, 11) is 0. The van der Waals surface area contributed by atoms with Crippen molar-refractivity contribution in [2.45, 2.75) is 33.8 Å². The summed E-state index contributed by atoms with van der Waals surface area (Å²) >= 11 is 0. The topological polar surface area (TPSA) is 84.2 Å². The van der Waals surface area contributed by atoms with Crippen LogP contribution in [-0.2, 0) is 9.53 Å². The van der Waals surface area contributed by atoms with Gasteiger partial charge in [0.15, 0.2) is 17.6 Å². The molecule has 158 valence electrons. The third-order valence-corrected chi connectivity index (χ3v) is 4.28. The van der Waals surface area contributed by atoms with E-state index < -0.39 is 12.1 Å². The van der Waals surface area contributed by atoms with Crippen LogP contribution in [0, 0.1) is 6.92 Å². The fourth-order valence-electron chi connectivity index (χ4n) is 2.89. The second-order valence-electron chi connectivity index (χ2n) is 6.47. The summed E-state index contributed by atoms with van der Waals surface area (Å²) in [6, 6.07) is 11.9. The van der Waals surface area contributed by atoms with E-state index in [0.29, 0.717) is 40.6 Å². The minimum absolute atomic E-state index is 0.0863. The van der Waals surface area contributed by atoms with Gasteiger partial charge in [0.05, 0.1) is 18.6 Å². The first-order valence-electron chi connectivity index (χ1n) is 9.75. The van der Waals surface area contributed by atoms with Crippen molar-refractivity contribution in [3.05, 3.63) is 58.4 Å². The number of hydrogen-bond acceptors (Lipinski definition) is 7. The molecule has 0 N–H and O–H groups in total. The molecular formula is C23H24O7. The zero-order chi connectivity index (χ0) is 21.7. The molecular weight excluding hydrogens is 388 g/mol. The van der Waals surface area contributed by atoms with E-state index in [1.807, 2.05) is 13.0 Å². The Morgan fingerprint density at radius 2 is 1.80 bits per heavy atom. The Bertz CT molecular complexity index is 1100. The van der Waals surface area contributed by atoms with Gasteiger partial charge in [-0.15, -0.1) is 0 Å².